The Kier molecular flexibility index (Phi) is 4.80. The number of aromatic nitrogens is 1. The Hall–Kier alpha value is -2.33. The zero-order valence-corrected chi connectivity index (χ0v) is 14.9. The van der Waals surface area contributed by atoms with Gasteiger partial charge in [-0.05, 0) is 38.8 Å². The first-order valence-corrected chi connectivity index (χ1v) is 9.36. The topological polar surface area (TPSA) is 92.5 Å². The summed E-state index contributed by atoms with van der Waals surface area (Å²) in [7, 11) is -4.01. The normalized spacial score (nSPS) is 18.2. The van der Waals surface area contributed by atoms with Crippen molar-refractivity contribution < 1.29 is 26.5 Å². The van der Waals surface area contributed by atoms with Crippen LogP contribution >= 0.6 is 0 Å². The van der Waals surface area contributed by atoms with Crippen molar-refractivity contribution in [2.24, 2.45) is 0 Å². The third-order valence-corrected chi connectivity index (χ3v) is 6.38. The van der Waals surface area contributed by atoms with E-state index < -0.39 is 33.6 Å². The average molecular weight is 385 g/mol. The van der Waals surface area contributed by atoms with Crippen molar-refractivity contribution in [1.29, 1.82) is 0 Å². The molecule has 0 unspecified atom stereocenters. The van der Waals surface area contributed by atoms with Crippen LogP contribution in [0.25, 0.3) is 0 Å². The van der Waals surface area contributed by atoms with Gasteiger partial charge in [0, 0.05) is 12.6 Å². The lowest BCUT2D eigenvalue weighted by molar-refractivity contribution is -0.119. The van der Waals surface area contributed by atoms with E-state index >= 15 is 0 Å². The van der Waals surface area contributed by atoms with Crippen LogP contribution in [0.1, 0.15) is 24.3 Å². The molecule has 0 radical (unpaired) electrons. The molecule has 0 bridgehead atoms. The van der Waals surface area contributed by atoms with Gasteiger partial charge >= 0.3 is 0 Å². The van der Waals surface area contributed by atoms with Crippen LogP contribution in [0.4, 0.5) is 14.5 Å². The summed E-state index contributed by atoms with van der Waals surface area (Å²) in [6.45, 7) is 3.10. The number of carbonyl (C=O) groups excluding carboxylic acids is 1. The Morgan fingerprint density at radius 3 is 2.73 bits per heavy atom. The fourth-order valence-corrected chi connectivity index (χ4v) is 5.01. The lowest BCUT2D eigenvalue weighted by Gasteiger charge is -2.23. The predicted molar refractivity (Wildman–Crippen MR) is 87.9 cm³/mol. The fourth-order valence-electron chi connectivity index (χ4n) is 3.06. The van der Waals surface area contributed by atoms with Gasteiger partial charge in [0.15, 0.2) is 5.76 Å². The summed E-state index contributed by atoms with van der Waals surface area (Å²) in [5.74, 6) is -2.11. The van der Waals surface area contributed by atoms with Gasteiger partial charge in [0.05, 0.1) is 5.69 Å². The molecule has 1 N–H and O–H groups in total. The third-order valence-electron chi connectivity index (χ3n) is 4.23. The van der Waals surface area contributed by atoms with Gasteiger partial charge in [-0.1, -0.05) is 5.16 Å². The molecule has 140 valence electrons. The van der Waals surface area contributed by atoms with Gasteiger partial charge in [0.2, 0.25) is 15.9 Å². The molecule has 1 aliphatic rings. The van der Waals surface area contributed by atoms with E-state index in [0.717, 1.165) is 22.5 Å². The summed E-state index contributed by atoms with van der Waals surface area (Å²) < 4.78 is 58.9. The number of nitrogens with zero attached hydrogens (tertiary/aromatic N) is 2. The van der Waals surface area contributed by atoms with Crippen LogP contribution in [0, 0.1) is 25.5 Å². The van der Waals surface area contributed by atoms with Crippen molar-refractivity contribution in [3.8, 4) is 0 Å². The van der Waals surface area contributed by atoms with E-state index in [1.54, 1.807) is 0 Å². The van der Waals surface area contributed by atoms with Gasteiger partial charge in [-0.25, -0.2) is 17.2 Å². The number of sulfonamides is 1. The summed E-state index contributed by atoms with van der Waals surface area (Å²) in [6, 6.07) is 1.62. The lowest BCUT2D eigenvalue weighted by atomic mass is 10.2. The zero-order chi connectivity index (χ0) is 19.1. The number of amides is 1. The van der Waals surface area contributed by atoms with Crippen LogP contribution in [0.3, 0.4) is 0 Å². The second-order valence-electron chi connectivity index (χ2n) is 6.04. The lowest BCUT2D eigenvalue weighted by Crippen LogP contribution is -2.43. The molecule has 1 aliphatic heterocycles. The van der Waals surface area contributed by atoms with Crippen LogP contribution < -0.4 is 5.32 Å². The molecule has 10 heteroatoms. The summed E-state index contributed by atoms with van der Waals surface area (Å²) >= 11 is 0. The number of benzene rings is 1. The molecule has 0 spiro atoms. The molecule has 1 saturated heterocycles. The minimum atomic E-state index is -4.01. The molecule has 0 saturated carbocycles. The Bertz CT molecular complexity index is 939. The summed E-state index contributed by atoms with van der Waals surface area (Å²) in [4.78, 5) is 12.5. The SMILES string of the molecule is Cc1noc(C)c1S(=O)(=O)N1CCC[C@H]1C(=O)Nc1cc(F)ccc1F. The largest absolute Gasteiger partial charge is 0.360 e. The Balaban J connectivity index is 1.88. The first-order valence-electron chi connectivity index (χ1n) is 7.92. The molecule has 1 aromatic carbocycles. The summed E-state index contributed by atoms with van der Waals surface area (Å²) in [5.41, 5.74) is -0.138. The zero-order valence-electron chi connectivity index (χ0n) is 14.1. The van der Waals surface area contributed by atoms with Gasteiger partial charge in [-0.15, -0.1) is 0 Å². The van der Waals surface area contributed by atoms with E-state index in [1.165, 1.54) is 13.8 Å². The second-order valence-corrected chi connectivity index (χ2v) is 7.87. The number of aryl methyl sites for hydroxylation is 2. The number of halogens is 2. The predicted octanol–water partition coefficient (Wildman–Crippen LogP) is 2.36. The van der Waals surface area contributed by atoms with Crippen LogP contribution in [-0.4, -0.2) is 36.4 Å². The second kappa shape index (κ2) is 6.76. The fraction of sp³-hybridized carbons (Fsp3) is 0.375. The van der Waals surface area contributed by atoms with Crippen LogP contribution in [0.2, 0.25) is 0 Å². The number of hydrogen-bond donors (Lipinski definition) is 1. The molecule has 1 aromatic heterocycles. The van der Waals surface area contributed by atoms with E-state index in [1.807, 2.05) is 0 Å². The third kappa shape index (κ3) is 3.21. The smallest absolute Gasteiger partial charge is 0.249 e. The number of carbonyl (C=O) groups is 1. The molecule has 3 rings (SSSR count). The van der Waals surface area contributed by atoms with Gasteiger partial charge < -0.3 is 9.84 Å². The highest BCUT2D eigenvalue weighted by Gasteiger charge is 2.42. The molecule has 1 atom stereocenters. The van der Waals surface area contributed by atoms with E-state index in [9.17, 15) is 22.0 Å². The summed E-state index contributed by atoms with van der Waals surface area (Å²) in [5, 5.41) is 5.91. The molecule has 2 aromatic rings. The molecule has 1 fully saturated rings. The molecule has 1 amide bonds. The Labute approximate surface area is 149 Å². The Morgan fingerprint density at radius 1 is 1.35 bits per heavy atom. The van der Waals surface area contributed by atoms with Crippen molar-refractivity contribution in [3.05, 3.63) is 41.3 Å². The minimum absolute atomic E-state index is 0.0749. The summed E-state index contributed by atoms with van der Waals surface area (Å²) in [6.07, 6.45) is 0.734. The molecule has 2 heterocycles. The highest BCUT2D eigenvalue weighted by molar-refractivity contribution is 7.89. The van der Waals surface area contributed by atoms with E-state index in [4.69, 9.17) is 4.52 Å². The first kappa shape index (κ1) is 18.5. The van der Waals surface area contributed by atoms with Gasteiger partial charge in [0.1, 0.15) is 28.3 Å². The average Bonchev–Trinajstić information content (AvgIpc) is 3.18. The van der Waals surface area contributed by atoms with Crippen molar-refractivity contribution in [2.75, 3.05) is 11.9 Å². The van der Waals surface area contributed by atoms with Crippen molar-refractivity contribution in [3.63, 3.8) is 0 Å². The van der Waals surface area contributed by atoms with Crippen molar-refractivity contribution >= 4 is 21.6 Å². The highest BCUT2D eigenvalue weighted by Crippen LogP contribution is 2.30. The maximum atomic E-state index is 13.7. The van der Waals surface area contributed by atoms with Crippen LogP contribution in [-0.2, 0) is 14.8 Å². The molecule has 26 heavy (non-hydrogen) atoms. The monoisotopic (exact) mass is 385 g/mol. The molecular formula is C16H17F2N3O4S. The van der Waals surface area contributed by atoms with Crippen LogP contribution in [0.5, 0.6) is 0 Å². The van der Waals surface area contributed by atoms with E-state index in [2.05, 4.69) is 10.5 Å². The number of rotatable bonds is 4. The van der Waals surface area contributed by atoms with Crippen molar-refractivity contribution in [2.45, 2.75) is 37.6 Å². The highest BCUT2D eigenvalue weighted by atomic mass is 32.2. The molecule has 0 aliphatic carbocycles. The van der Waals surface area contributed by atoms with Gasteiger partial charge in [0.25, 0.3) is 0 Å². The van der Waals surface area contributed by atoms with Crippen LogP contribution in [0.15, 0.2) is 27.6 Å². The Morgan fingerprint density at radius 2 is 2.08 bits per heavy atom. The maximum absolute atomic E-state index is 13.7. The van der Waals surface area contributed by atoms with E-state index in [-0.39, 0.29) is 35.0 Å². The van der Waals surface area contributed by atoms with Crippen molar-refractivity contribution in [1.82, 2.24) is 9.46 Å². The number of anilines is 1. The maximum Gasteiger partial charge on any atom is 0.249 e. The van der Waals surface area contributed by atoms with E-state index in [0.29, 0.717) is 6.42 Å². The quantitative estimate of drug-likeness (QED) is 0.872. The van der Waals surface area contributed by atoms with Gasteiger partial charge in [-0.3, -0.25) is 4.79 Å². The number of hydrogen-bond acceptors (Lipinski definition) is 5. The minimum Gasteiger partial charge on any atom is -0.360 e. The standard InChI is InChI=1S/C16H17F2N3O4S/c1-9-15(10(2)25-20-9)26(23,24)21-7-3-4-14(21)16(22)19-13-8-11(17)5-6-12(13)18/h5-6,8,14H,3-4,7H2,1-2H3,(H,19,22)/t14-/m0/s1. The molecular weight excluding hydrogens is 368 g/mol. The number of nitrogens with one attached hydrogen (secondary N) is 1. The molecule has 7 nitrogen and oxygen atoms in total. The first-order chi connectivity index (χ1) is 12.2. The van der Waals surface area contributed by atoms with Gasteiger partial charge in [-0.2, -0.15) is 4.31 Å².